The second-order valence-electron chi connectivity index (χ2n) is 8.95. The average Bonchev–Trinajstić information content (AvgIpc) is 3.62. The molecule has 4 aromatic heterocycles. The van der Waals surface area contributed by atoms with Gasteiger partial charge >= 0.3 is 41.9 Å². The number of alkyl halides is 6. The summed E-state index contributed by atoms with van der Waals surface area (Å²) in [5.41, 5.74) is 2.43. The number of hydrogen-bond donors (Lipinski definition) is 1. The molecule has 0 saturated carbocycles. The van der Waals surface area contributed by atoms with Crippen LogP contribution in [0.15, 0.2) is 73.1 Å². The summed E-state index contributed by atoms with van der Waals surface area (Å²) in [6, 6.07) is 13.8. The number of aryl methyl sites for hydroxylation is 1. The number of aliphatic hydroxyl groups is 1. The van der Waals surface area contributed by atoms with Crippen LogP contribution in [0.3, 0.4) is 0 Å². The van der Waals surface area contributed by atoms with E-state index in [2.05, 4.69) is 19.9 Å². The maximum atomic E-state index is 12.8. The number of nitrogens with zero attached hydrogens (tertiary/aromatic N) is 4. The molecule has 15 heteroatoms. The van der Waals surface area contributed by atoms with Crippen LogP contribution in [0.5, 0.6) is 0 Å². The van der Waals surface area contributed by atoms with Crippen LogP contribution in [0.25, 0.3) is 41.8 Å². The Kier molecular flexibility index (Phi) is 11.6. The zero-order valence-corrected chi connectivity index (χ0v) is 26.7. The topological polar surface area (TPSA) is 102 Å². The van der Waals surface area contributed by atoms with Crippen molar-refractivity contribution in [2.45, 2.75) is 32.3 Å². The molecular formula is C29H21F6N4NaO2S2. The second-order valence-corrected chi connectivity index (χ2v) is 10.9. The molecule has 0 aliphatic rings. The number of halogens is 6. The van der Waals surface area contributed by atoms with Crippen LogP contribution in [-0.2, 0) is 25.4 Å². The largest absolute Gasteiger partial charge is 1.00 e. The third-order valence-corrected chi connectivity index (χ3v) is 8.21. The molecule has 0 spiro atoms. The summed E-state index contributed by atoms with van der Waals surface area (Å²) in [5, 5.41) is 10.3. The van der Waals surface area contributed by atoms with Gasteiger partial charge in [-0.3, -0.25) is 0 Å². The molecule has 2 aromatic carbocycles. The maximum Gasteiger partial charge on any atom is 1.00 e. The number of hydrogen-bond acceptors (Lipinski definition) is 8. The van der Waals surface area contributed by atoms with Crippen molar-refractivity contribution in [2.24, 2.45) is 0 Å². The van der Waals surface area contributed by atoms with E-state index in [1.54, 1.807) is 30.6 Å². The van der Waals surface area contributed by atoms with Crippen LogP contribution in [0.1, 0.15) is 29.2 Å². The SMILES string of the molecule is CCc1ccnc2sc(-c3cccc(C(F)(F)F)c3)nc12.OCc1ccnc2sc(-c3cccc(C(F)(F)F)c3)nc12.[Na+].[OH-]. The Bertz CT molecular complexity index is 1740. The van der Waals surface area contributed by atoms with E-state index in [1.165, 1.54) is 34.8 Å². The number of aromatic nitrogens is 4. The molecule has 0 unspecified atom stereocenters. The number of thiazole rings is 2. The van der Waals surface area contributed by atoms with Crippen LogP contribution >= 0.6 is 22.7 Å². The molecule has 0 aliphatic carbocycles. The number of fused-ring (bicyclic) bond motifs is 2. The molecule has 44 heavy (non-hydrogen) atoms. The molecule has 0 saturated heterocycles. The molecule has 0 radical (unpaired) electrons. The van der Waals surface area contributed by atoms with Crippen molar-refractivity contribution < 1.29 is 66.5 Å². The van der Waals surface area contributed by atoms with Gasteiger partial charge in [0.1, 0.15) is 30.7 Å². The molecule has 4 heterocycles. The van der Waals surface area contributed by atoms with Crippen LogP contribution in [0.4, 0.5) is 26.3 Å². The van der Waals surface area contributed by atoms with Crippen molar-refractivity contribution in [1.29, 1.82) is 0 Å². The number of benzene rings is 2. The van der Waals surface area contributed by atoms with E-state index in [0.29, 0.717) is 37.1 Å². The zero-order valence-electron chi connectivity index (χ0n) is 23.1. The molecule has 6 rings (SSSR count). The van der Waals surface area contributed by atoms with E-state index in [4.69, 9.17) is 0 Å². The molecule has 0 bridgehead atoms. The van der Waals surface area contributed by atoms with Crippen molar-refractivity contribution >= 4 is 43.4 Å². The summed E-state index contributed by atoms with van der Waals surface area (Å²) in [6.07, 6.45) is -4.68. The van der Waals surface area contributed by atoms with Crippen LogP contribution in [0, 0.1) is 0 Å². The molecule has 0 amide bonds. The number of aliphatic hydroxyl groups excluding tert-OH is 1. The summed E-state index contributed by atoms with van der Waals surface area (Å²) in [5.74, 6) is 0. The average molecular weight is 659 g/mol. The van der Waals surface area contributed by atoms with E-state index in [0.717, 1.165) is 46.6 Å². The first-order valence-corrected chi connectivity index (χ1v) is 14.1. The van der Waals surface area contributed by atoms with E-state index in [-0.39, 0.29) is 41.6 Å². The minimum absolute atomic E-state index is 0. The summed E-state index contributed by atoms with van der Waals surface area (Å²) in [4.78, 5) is 18.5. The zero-order chi connectivity index (χ0) is 30.1. The molecule has 6 nitrogen and oxygen atoms in total. The molecule has 6 aromatic rings. The standard InChI is InChI=1S/C15H11F3N2S.C14H9F3N2OS.Na.H2O/c1-2-9-6-7-19-14-12(9)20-13(21-14)10-4-3-5-11(8-10)15(16,17)18;15-14(16,17)10-3-1-2-8(6-10)12-19-11-9(7-20)4-5-18-13(11)21-12;;/h3-8H,2H2,1H3;1-6,20H,7H2;;1H2/q;;+1;/p-1. The van der Waals surface area contributed by atoms with E-state index in [1.807, 2.05) is 13.0 Å². The van der Waals surface area contributed by atoms with Crippen molar-refractivity contribution in [3.63, 3.8) is 0 Å². The second kappa shape index (κ2) is 14.4. The van der Waals surface area contributed by atoms with Crippen molar-refractivity contribution in [3.05, 3.63) is 95.3 Å². The van der Waals surface area contributed by atoms with Gasteiger partial charge in [-0.05, 0) is 48.4 Å². The van der Waals surface area contributed by atoms with E-state index < -0.39 is 23.5 Å². The van der Waals surface area contributed by atoms with Gasteiger partial charge in [0.05, 0.1) is 17.7 Å². The van der Waals surface area contributed by atoms with Crippen LogP contribution in [0.2, 0.25) is 0 Å². The van der Waals surface area contributed by atoms with Gasteiger partial charge in [-0.25, -0.2) is 19.9 Å². The van der Waals surface area contributed by atoms with Gasteiger partial charge in [0.2, 0.25) is 0 Å². The molecule has 0 atom stereocenters. The fourth-order valence-corrected chi connectivity index (χ4v) is 5.99. The van der Waals surface area contributed by atoms with Gasteiger partial charge in [0.25, 0.3) is 0 Å². The van der Waals surface area contributed by atoms with Crippen LogP contribution < -0.4 is 29.6 Å². The summed E-state index contributed by atoms with van der Waals surface area (Å²) < 4.78 is 76.6. The quantitative estimate of drug-likeness (QED) is 0.195. The van der Waals surface area contributed by atoms with E-state index >= 15 is 0 Å². The molecule has 0 aliphatic heterocycles. The Balaban J connectivity index is 0.000000230. The first-order valence-electron chi connectivity index (χ1n) is 12.4. The molecular weight excluding hydrogens is 637 g/mol. The Morgan fingerprint density at radius 2 is 1.11 bits per heavy atom. The predicted molar refractivity (Wildman–Crippen MR) is 153 cm³/mol. The van der Waals surface area contributed by atoms with Gasteiger partial charge in [-0.1, -0.05) is 53.9 Å². The Labute approximate surface area is 277 Å². The van der Waals surface area contributed by atoms with Crippen molar-refractivity contribution in [2.75, 3.05) is 0 Å². The fraction of sp³-hybridized carbons (Fsp3) is 0.172. The first-order chi connectivity index (χ1) is 20.0. The maximum absolute atomic E-state index is 12.8. The van der Waals surface area contributed by atoms with Gasteiger partial charge in [-0.2, -0.15) is 26.3 Å². The Morgan fingerprint density at radius 1 is 0.682 bits per heavy atom. The number of pyridine rings is 2. The predicted octanol–water partition coefficient (Wildman–Crippen LogP) is 5.64. The smallest absolute Gasteiger partial charge is 0.870 e. The third-order valence-electron chi connectivity index (χ3n) is 6.19. The molecule has 2 N–H and O–H groups in total. The van der Waals surface area contributed by atoms with Crippen molar-refractivity contribution in [1.82, 2.24) is 19.9 Å². The van der Waals surface area contributed by atoms with Gasteiger partial charge in [0, 0.05) is 29.1 Å². The van der Waals surface area contributed by atoms with E-state index in [9.17, 15) is 31.4 Å². The molecule has 0 fully saturated rings. The van der Waals surface area contributed by atoms with Gasteiger partial charge in [0.15, 0.2) is 0 Å². The summed E-state index contributed by atoms with van der Waals surface area (Å²) >= 11 is 2.51. The minimum atomic E-state index is -4.39. The number of rotatable bonds is 4. The van der Waals surface area contributed by atoms with Crippen molar-refractivity contribution in [3.8, 4) is 21.1 Å². The van der Waals surface area contributed by atoms with Gasteiger partial charge in [-0.15, -0.1) is 0 Å². The summed E-state index contributed by atoms with van der Waals surface area (Å²) in [7, 11) is 0. The Morgan fingerprint density at radius 3 is 1.52 bits per heavy atom. The van der Waals surface area contributed by atoms with Gasteiger partial charge < -0.3 is 10.6 Å². The fourth-order valence-electron chi connectivity index (χ4n) is 4.08. The normalized spacial score (nSPS) is 11.5. The monoisotopic (exact) mass is 658 g/mol. The van der Waals surface area contributed by atoms with Crippen LogP contribution in [-0.4, -0.2) is 30.5 Å². The molecule has 224 valence electrons. The Hall–Kier alpha value is -2.98. The minimum Gasteiger partial charge on any atom is -0.870 e. The third kappa shape index (κ3) is 7.80. The summed E-state index contributed by atoms with van der Waals surface area (Å²) in [6.45, 7) is 1.82. The first kappa shape index (κ1) is 35.5.